The van der Waals surface area contributed by atoms with Gasteiger partial charge in [0.2, 0.25) is 6.79 Å². The van der Waals surface area contributed by atoms with Crippen molar-refractivity contribution in [2.75, 3.05) is 25.8 Å². The second-order valence-electron chi connectivity index (χ2n) is 7.60. The maximum Gasteiger partial charge on any atom is 0.258 e. The van der Waals surface area contributed by atoms with E-state index in [-0.39, 0.29) is 24.8 Å². The highest BCUT2D eigenvalue weighted by molar-refractivity contribution is 9.10. The zero-order chi connectivity index (χ0) is 21.0. The lowest BCUT2D eigenvalue weighted by molar-refractivity contribution is -0.124. The molecule has 0 spiro atoms. The molecule has 7 nitrogen and oxygen atoms in total. The monoisotopic (exact) mass is 464 g/mol. The van der Waals surface area contributed by atoms with E-state index < -0.39 is 0 Å². The standard InChI is InChI=1S/C21H25BrN2O5/c1-21(2,3)24-20(25)11-27-19-9-15(22)13(7-17(19)26-4)10-23-14-5-6-16-18(8-14)29-12-28-16/h5-9,23H,10-12H2,1-4H3,(H,24,25). The van der Waals surface area contributed by atoms with Crippen LogP contribution in [0.5, 0.6) is 23.0 Å². The summed E-state index contributed by atoms with van der Waals surface area (Å²) in [4.78, 5) is 12.0. The molecule has 8 heteroatoms. The lowest BCUT2D eigenvalue weighted by Crippen LogP contribution is -2.43. The molecule has 0 atom stereocenters. The lowest BCUT2D eigenvalue weighted by Gasteiger charge is -2.21. The molecule has 156 valence electrons. The molecule has 29 heavy (non-hydrogen) atoms. The molecule has 1 heterocycles. The van der Waals surface area contributed by atoms with Crippen molar-refractivity contribution >= 4 is 27.5 Å². The van der Waals surface area contributed by atoms with Gasteiger partial charge >= 0.3 is 0 Å². The summed E-state index contributed by atoms with van der Waals surface area (Å²) in [6.07, 6.45) is 0. The largest absolute Gasteiger partial charge is 0.493 e. The molecule has 0 fully saturated rings. The Bertz CT molecular complexity index is 895. The Morgan fingerprint density at radius 1 is 1.14 bits per heavy atom. The molecule has 0 unspecified atom stereocenters. The van der Waals surface area contributed by atoms with Crippen LogP contribution in [0.15, 0.2) is 34.8 Å². The van der Waals surface area contributed by atoms with Crippen LogP contribution in [0.3, 0.4) is 0 Å². The maximum absolute atomic E-state index is 12.0. The number of rotatable bonds is 7. The van der Waals surface area contributed by atoms with Crippen LogP contribution in [0.1, 0.15) is 26.3 Å². The molecule has 0 bridgehead atoms. The van der Waals surface area contributed by atoms with E-state index in [9.17, 15) is 4.79 Å². The summed E-state index contributed by atoms with van der Waals surface area (Å²) in [6.45, 7) is 6.48. The van der Waals surface area contributed by atoms with Crippen molar-refractivity contribution in [2.24, 2.45) is 0 Å². The summed E-state index contributed by atoms with van der Waals surface area (Å²) >= 11 is 3.57. The third kappa shape index (κ3) is 5.69. The van der Waals surface area contributed by atoms with Gasteiger partial charge < -0.3 is 29.6 Å². The summed E-state index contributed by atoms with van der Waals surface area (Å²) in [5.74, 6) is 2.33. The number of ether oxygens (including phenoxy) is 4. The molecular weight excluding hydrogens is 440 g/mol. The summed E-state index contributed by atoms with van der Waals surface area (Å²) < 4.78 is 22.7. The molecule has 0 saturated heterocycles. The van der Waals surface area contributed by atoms with Crippen molar-refractivity contribution in [3.8, 4) is 23.0 Å². The topological polar surface area (TPSA) is 78.1 Å². The lowest BCUT2D eigenvalue weighted by atomic mass is 10.1. The quantitative estimate of drug-likeness (QED) is 0.642. The molecule has 0 radical (unpaired) electrons. The van der Waals surface area contributed by atoms with Crippen LogP contribution < -0.4 is 29.6 Å². The molecule has 1 aliphatic rings. The SMILES string of the molecule is COc1cc(CNc2ccc3c(c2)OCO3)c(Br)cc1OCC(=O)NC(C)(C)C. The van der Waals surface area contributed by atoms with Gasteiger partial charge in [0.05, 0.1) is 7.11 Å². The van der Waals surface area contributed by atoms with Crippen LogP contribution >= 0.6 is 15.9 Å². The van der Waals surface area contributed by atoms with E-state index in [1.54, 1.807) is 13.2 Å². The van der Waals surface area contributed by atoms with Gasteiger partial charge in [-0.15, -0.1) is 0 Å². The Labute approximate surface area is 178 Å². The van der Waals surface area contributed by atoms with Crippen LogP contribution in [0, 0.1) is 0 Å². The molecule has 3 rings (SSSR count). The Morgan fingerprint density at radius 3 is 2.62 bits per heavy atom. The summed E-state index contributed by atoms with van der Waals surface area (Å²) in [5.41, 5.74) is 1.58. The fraction of sp³-hybridized carbons (Fsp3) is 0.381. The van der Waals surface area contributed by atoms with Crippen molar-refractivity contribution < 1.29 is 23.7 Å². The molecule has 0 saturated carbocycles. The molecule has 0 aliphatic carbocycles. The van der Waals surface area contributed by atoms with E-state index in [1.165, 1.54) is 0 Å². The van der Waals surface area contributed by atoms with Gasteiger partial charge in [-0.05, 0) is 50.6 Å². The molecule has 0 aromatic heterocycles. The highest BCUT2D eigenvalue weighted by Gasteiger charge is 2.17. The van der Waals surface area contributed by atoms with Crippen LogP contribution in [0.4, 0.5) is 5.69 Å². The Kier molecular flexibility index (Phi) is 6.42. The third-order valence-electron chi connectivity index (χ3n) is 4.06. The number of halogens is 1. The van der Waals surface area contributed by atoms with Gasteiger partial charge in [0.15, 0.2) is 29.6 Å². The maximum atomic E-state index is 12.0. The number of benzene rings is 2. The average molecular weight is 465 g/mol. The normalized spacial score (nSPS) is 12.4. The minimum absolute atomic E-state index is 0.0884. The van der Waals surface area contributed by atoms with E-state index >= 15 is 0 Å². The van der Waals surface area contributed by atoms with Crippen molar-refractivity contribution in [3.05, 3.63) is 40.4 Å². The first kappa shape index (κ1) is 21.1. The molecular formula is C21H25BrN2O5. The molecule has 2 aromatic rings. The first-order chi connectivity index (χ1) is 13.7. The highest BCUT2D eigenvalue weighted by Crippen LogP contribution is 2.36. The van der Waals surface area contributed by atoms with Crippen molar-refractivity contribution in [3.63, 3.8) is 0 Å². The zero-order valence-corrected chi connectivity index (χ0v) is 18.5. The Balaban J connectivity index is 1.65. The van der Waals surface area contributed by atoms with E-state index in [1.807, 2.05) is 45.0 Å². The first-order valence-electron chi connectivity index (χ1n) is 9.19. The number of hydrogen-bond donors (Lipinski definition) is 2. The van der Waals surface area contributed by atoms with Crippen molar-refractivity contribution in [1.29, 1.82) is 0 Å². The first-order valence-corrected chi connectivity index (χ1v) is 9.98. The summed E-state index contributed by atoms with van der Waals surface area (Å²) in [5, 5.41) is 6.22. The van der Waals surface area contributed by atoms with Crippen LogP contribution in [-0.4, -0.2) is 32.0 Å². The number of carbonyl (C=O) groups is 1. The third-order valence-corrected chi connectivity index (χ3v) is 4.80. The fourth-order valence-electron chi connectivity index (χ4n) is 2.79. The van der Waals surface area contributed by atoms with Crippen LogP contribution in [0.2, 0.25) is 0 Å². The van der Waals surface area contributed by atoms with Gasteiger partial charge in [0.1, 0.15) is 0 Å². The van der Waals surface area contributed by atoms with Crippen LogP contribution in [-0.2, 0) is 11.3 Å². The minimum atomic E-state index is -0.310. The van der Waals surface area contributed by atoms with Crippen molar-refractivity contribution in [2.45, 2.75) is 32.9 Å². The van der Waals surface area contributed by atoms with E-state index in [0.717, 1.165) is 27.2 Å². The molecule has 1 aliphatic heterocycles. The van der Waals surface area contributed by atoms with E-state index in [4.69, 9.17) is 18.9 Å². The highest BCUT2D eigenvalue weighted by atomic mass is 79.9. The number of nitrogens with one attached hydrogen (secondary N) is 2. The molecule has 2 aromatic carbocycles. The van der Waals surface area contributed by atoms with Crippen LogP contribution in [0.25, 0.3) is 0 Å². The summed E-state index contributed by atoms with van der Waals surface area (Å²) in [7, 11) is 1.57. The number of anilines is 1. The number of fused-ring (bicyclic) bond motifs is 1. The second kappa shape index (κ2) is 8.82. The van der Waals surface area contributed by atoms with Gasteiger partial charge in [0.25, 0.3) is 5.91 Å². The number of amides is 1. The number of methoxy groups -OCH3 is 1. The summed E-state index contributed by atoms with van der Waals surface area (Å²) in [6, 6.07) is 9.39. The smallest absolute Gasteiger partial charge is 0.258 e. The average Bonchev–Trinajstić information content (AvgIpc) is 3.12. The van der Waals surface area contributed by atoms with Gasteiger partial charge in [-0.25, -0.2) is 0 Å². The van der Waals surface area contributed by atoms with E-state index in [0.29, 0.717) is 18.0 Å². The van der Waals surface area contributed by atoms with Gasteiger partial charge in [0, 0.05) is 28.3 Å². The van der Waals surface area contributed by atoms with Gasteiger partial charge in [-0.2, -0.15) is 0 Å². The Morgan fingerprint density at radius 2 is 1.90 bits per heavy atom. The predicted molar refractivity (Wildman–Crippen MR) is 114 cm³/mol. The fourth-order valence-corrected chi connectivity index (χ4v) is 3.25. The number of carbonyl (C=O) groups excluding carboxylic acids is 1. The zero-order valence-electron chi connectivity index (χ0n) is 16.9. The Hall–Kier alpha value is -2.61. The van der Waals surface area contributed by atoms with Gasteiger partial charge in [-0.3, -0.25) is 4.79 Å². The number of hydrogen-bond acceptors (Lipinski definition) is 6. The molecule has 1 amide bonds. The minimum Gasteiger partial charge on any atom is -0.493 e. The molecule has 2 N–H and O–H groups in total. The second-order valence-corrected chi connectivity index (χ2v) is 8.46. The van der Waals surface area contributed by atoms with Crippen molar-refractivity contribution in [1.82, 2.24) is 5.32 Å². The predicted octanol–water partition coefficient (Wildman–Crippen LogP) is 4.09. The van der Waals surface area contributed by atoms with E-state index in [2.05, 4.69) is 26.6 Å². The van der Waals surface area contributed by atoms with Gasteiger partial charge in [-0.1, -0.05) is 15.9 Å².